The van der Waals surface area contributed by atoms with Gasteiger partial charge in [0.05, 0.1) is 10.2 Å². The topological polar surface area (TPSA) is 31.5 Å². The Kier molecular flexibility index (Phi) is 20.1. The van der Waals surface area contributed by atoms with Gasteiger partial charge in [-0.1, -0.05) is 0 Å². The number of rotatable bonds is 0. The fraction of sp³-hybridized carbons (Fsp3) is 0. The average Bonchev–Trinajstić information content (AvgIpc) is 0.918. The predicted molar refractivity (Wildman–Crippen MR) is 22.9 cm³/mol. The molecule has 0 spiro atoms. The first kappa shape index (κ1) is 8.86. The minimum Gasteiger partial charge on any atom is -0.412 e. The Hall–Kier alpha value is 0.890. The highest BCUT2D eigenvalue weighted by molar-refractivity contribution is 8.38. The van der Waals surface area contributed by atoms with Gasteiger partial charge in [0.2, 0.25) is 0 Å². The number of halogens is 2. The first-order chi connectivity index (χ1) is 1.41. The largest absolute Gasteiger partial charge is 0.412 e. The summed E-state index contributed by atoms with van der Waals surface area (Å²) in [5, 5.41) is 0. The molecule has 0 aliphatic heterocycles. The molecule has 0 unspecified atom stereocenters. The van der Waals surface area contributed by atoms with Gasteiger partial charge in [0.25, 0.3) is 0 Å². The van der Waals surface area contributed by atoms with Crippen LogP contribution in [0, 0.1) is 0 Å². The second kappa shape index (κ2) is 9.10. The highest BCUT2D eigenvalue weighted by Gasteiger charge is 1.43. The van der Waals surface area contributed by atoms with Gasteiger partial charge in [0, 0.05) is 0 Å². The quantitative estimate of drug-likeness (QED) is 0.473. The fourth-order valence-electron chi connectivity index (χ4n) is 0. The van der Waals surface area contributed by atoms with Crippen LogP contribution in [0.4, 0.5) is 0 Å². The minimum atomic E-state index is 0. The number of hydrogen-bond acceptors (Lipinski definition) is 1. The van der Waals surface area contributed by atoms with E-state index in [2.05, 4.69) is 21.4 Å². The fourth-order valence-corrected chi connectivity index (χ4v) is 0. The maximum atomic E-state index is 4.68. The summed E-state index contributed by atoms with van der Waals surface area (Å²) in [5.74, 6) is 0. The van der Waals surface area contributed by atoms with E-state index in [0.717, 1.165) is 0 Å². The summed E-state index contributed by atoms with van der Waals surface area (Å²) in [6, 6.07) is 0. The molecule has 2 N–H and O–H groups in total. The summed E-state index contributed by atoms with van der Waals surface area (Å²) in [6.45, 7) is 0. The van der Waals surface area contributed by atoms with Gasteiger partial charge >= 0.3 is 0 Å². The summed E-state index contributed by atoms with van der Waals surface area (Å²) in [7, 11) is 10.1. The molecule has 0 aliphatic rings. The molecule has 28 valence electrons. The first-order valence-corrected chi connectivity index (χ1v) is 2.78. The molecule has 0 aromatic carbocycles. The van der Waals surface area contributed by atoms with Gasteiger partial charge in [-0.25, -0.2) is 0 Å². The minimum absolute atomic E-state index is 0. The predicted octanol–water partition coefficient (Wildman–Crippen LogP) is 1.20. The molecule has 4 heavy (non-hydrogen) atoms. The Morgan fingerprint density at radius 3 is 1.25 bits per heavy atom. The molecule has 0 fully saturated rings. The second-order valence-electron chi connectivity index (χ2n) is 0.0583. The SMILES string of the molecule is ClSCl.O. The Morgan fingerprint density at radius 1 is 1.25 bits per heavy atom. The molecule has 0 saturated heterocycles. The smallest absolute Gasteiger partial charge is 0.0523 e. The van der Waals surface area contributed by atoms with Gasteiger partial charge in [-0.3, -0.25) is 0 Å². The maximum absolute atomic E-state index is 4.68. The lowest BCUT2D eigenvalue weighted by atomic mass is 16.0. The van der Waals surface area contributed by atoms with Crippen molar-refractivity contribution in [2.75, 3.05) is 0 Å². The Bertz CT molecular complexity index is 6.00. The maximum Gasteiger partial charge on any atom is 0.0523 e. The molecular weight excluding hydrogens is 119 g/mol. The van der Waals surface area contributed by atoms with Crippen molar-refractivity contribution < 1.29 is 5.48 Å². The summed E-state index contributed by atoms with van der Waals surface area (Å²) in [6.07, 6.45) is 0. The van der Waals surface area contributed by atoms with Crippen molar-refractivity contribution >= 4 is 31.6 Å². The molecule has 0 heterocycles. The van der Waals surface area contributed by atoms with E-state index in [4.69, 9.17) is 0 Å². The highest BCUT2D eigenvalue weighted by Crippen LogP contribution is 2.08. The molecule has 0 aromatic heterocycles. The molecule has 0 saturated carbocycles. The van der Waals surface area contributed by atoms with E-state index in [-0.39, 0.29) is 5.48 Å². The van der Waals surface area contributed by atoms with Gasteiger partial charge < -0.3 is 5.48 Å². The van der Waals surface area contributed by atoms with Gasteiger partial charge in [0.1, 0.15) is 0 Å². The van der Waals surface area contributed by atoms with Crippen LogP contribution in [0.2, 0.25) is 0 Å². The highest BCUT2D eigenvalue weighted by atomic mass is 36.0. The molecule has 0 atom stereocenters. The van der Waals surface area contributed by atoms with E-state index in [1.807, 2.05) is 0 Å². The Labute approximate surface area is 37.6 Å². The second-order valence-corrected chi connectivity index (χ2v) is 1.57. The van der Waals surface area contributed by atoms with Crippen molar-refractivity contribution in [1.29, 1.82) is 0 Å². The standard InChI is InChI=1S/Cl2S.H2O/c1-3-2;/h;1H2. The zero-order chi connectivity index (χ0) is 2.71. The molecule has 0 rings (SSSR count). The van der Waals surface area contributed by atoms with Crippen LogP contribution in [0.3, 0.4) is 0 Å². The zero-order valence-corrected chi connectivity index (χ0v) is 3.99. The molecule has 4 heteroatoms. The Morgan fingerprint density at radius 2 is 1.25 bits per heavy atom. The van der Waals surface area contributed by atoms with Gasteiger partial charge in [-0.2, -0.15) is 0 Å². The third-order valence-corrected chi connectivity index (χ3v) is 0. The summed E-state index contributed by atoms with van der Waals surface area (Å²) < 4.78 is 0. The Balaban J connectivity index is 0. The molecule has 0 radical (unpaired) electrons. The van der Waals surface area contributed by atoms with Crippen LogP contribution in [0.1, 0.15) is 0 Å². The van der Waals surface area contributed by atoms with Gasteiger partial charge in [-0.05, 0) is 21.4 Å². The van der Waals surface area contributed by atoms with Crippen molar-refractivity contribution in [2.24, 2.45) is 0 Å². The third-order valence-electron chi connectivity index (χ3n) is 0. The van der Waals surface area contributed by atoms with Crippen LogP contribution < -0.4 is 0 Å². The zero-order valence-electron chi connectivity index (χ0n) is 1.66. The van der Waals surface area contributed by atoms with Crippen LogP contribution in [0.15, 0.2) is 0 Å². The van der Waals surface area contributed by atoms with Crippen LogP contribution in [0.25, 0.3) is 0 Å². The van der Waals surface area contributed by atoms with E-state index in [0.29, 0.717) is 10.2 Å². The third kappa shape index (κ3) is 13.0. The summed E-state index contributed by atoms with van der Waals surface area (Å²) in [4.78, 5) is 0. The molecule has 0 aliphatic carbocycles. The molecular formula is H2Cl2OS. The summed E-state index contributed by atoms with van der Waals surface area (Å²) >= 11 is 0. The van der Waals surface area contributed by atoms with Crippen molar-refractivity contribution in [2.45, 2.75) is 0 Å². The van der Waals surface area contributed by atoms with Gasteiger partial charge in [-0.15, -0.1) is 0 Å². The summed E-state index contributed by atoms with van der Waals surface area (Å²) in [5.41, 5.74) is 0. The van der Waals surface area contributed by atoms with E-state index < -0.39 is 0 Å². The number of hydrogen-bond donors (Lipinski definition) is 0. The van der Waals surface area contributed by atoms with E-state index in [9.17, 15) is 0 Å². The van der Waals surface area contributed by atoms with Crippen LogP contribution in [-0.2, 0) is 0 Å². The molecule has 1 nitrogen and oxygen atoms in total. The average molecular weight is 121 g/mol. The van der Waals surface area contributed by atoms with E-state index >= 15 is 0 Å². The van der Waals surface area contributed by atoms with Crippen molar-refractivity contribution in [3.63, 3.8) is 0 Å². The van der Waals surface area contributed by atoms with Crippen LogP contribution in [-0.4, -0.2) is 5.48 Å². The monoisotopic (exact) mass is 120 g/mol. The van der Waals surface area contributed by atoms with Crippen molar-refractivity contribution in [3.8, 4) is 0 Å². The van der Waals surface area contributed by atoms with Gasteiger partial charge in [0.15, 0.2) is 0 Å². The van der Waals surface area contributed by atoms with E-state index in [1.54, 1.807) is 0 Å². The van der Waals surface area contributed by atoms with Crippen molar-refractivity contribution in [3.05, 3.63) is 0 Å². The molecule has 0 aromatic rings. The van der Waals surface area contributed by atoms with E-state index in [1.165, 1.54) is 0 Å². The van der Waals surface area contributed by atoms with Crippen LogP contribution >= 0.6 is 31.6 Å². The molecule has 0 amide bonds. The lowest BCUT2D eigenvalue weighted by Crippen LogP contribution is -0.745. The first-order valence-electron chi connectivity index (χ1n) is 0.309. The lowest BCUT2D eigenvalue weighted by Gasteiger charge is -1.40. The van der Waals surface area contributed by atoms with Crippen LogP contribution in [0.5, 0.6) is 0 Å². The molecule has 0 bridgehead atoms. The van der Waals surface area contributed by atoms with Crippen molar-refractivity contribution in [1.82, 2.24) is 0 Å². The normalized spacial score (nSPS) is 4.50. The lowest BCUT2D eigenvalue weighted by molar-refractivity contribution is 0.824.